The van der Waals surface area contributed by atoms with E-state index in [0.29, 0.717) is 11.5 Å². The first-order valence-corrected chi connectivity index (χ1v) is 4.37. The van der Waals surface area contributed by atoms with E-state index in [9.17, 15) is 5.11 Å². The fraction of sp³-hybridized carbons (Fsp3) is 0.222. The molecule has 1 atom stereocenters. The second kappa shape index (κ2) is 3.15. The van der Waals surface area contributed by atoms with E-state index in [-0.39, 0.29) is 11.6 Å². The molecule has 0 fully saturated rings. The minimum atomic E-state index is -1.42. The van der Waals surface area contributed by atoms with Crippen molar-refractivity contribution in [2.24, 2.45) is 5.16 Å². The van der Waals surface area contributed by atoms with Gasteiger partial charge in [-0.1, -0.05) is 11.7 Å². The van der Waals surface area contributed by atoms with E-state index in [4.69, 9.17) is 20.9 Å². The van der Waals surface area contributed by atoms with Crippen molar-refractivity contribution in [2.45, 2.75) is 12.2 Å². The topological polar surface area (TPSA) is 55.0 Å². The Labute approximate surface area is 85.4 Å². The molecule has 4 nitrogen and oxygen atoms in total. The molecule has 0 saturated heterocycles. The molecule has 5 heteroatoms. The second-order valence-electron chi connectivity index (χ2n) is 2.96. The quantitative estimate of drug-likeness (QED) is 0.764. The Morgan fingerprint density at radius 2 is 2.43 bits per heavy atom. The number of hydrogen-bond acceptors (Lipinski definition) is 4. The molecular weight excluding hydrogens is 206 g/mol. The van der Waals surface area contributed by atoms with E-state index >= 15 is 0 Å². The van der Waals surface area contributed by atoms with Gasteiger partial charge in [0.15, 0.2) is 11.0 Å². The van der Waals surface area contributed by atoms with Crippen LogP contribution in [0.15, 0.2) is 34.4 Å². The number of rotatable bonds is 2. The van der Waals surface area contributed by atoms with Gasteiger partial charge in [-0.25, -0.2) is 0 Å². The Bertz CT molecular complexity index is 399. The van der Waals surface area contributed by atoms with Crippen molar-refractivity contribution in [1.29, 1.82) is 0 Å². The molecular formula is C9H8ClNO3. The zero-order valence-corrected chi connectivity index (χ0v) is 7.99. The van der Waals surface area contributed by atoms with Crippen LogP contribution in [0, 0.1) is 0 Å². The number of aliphatic hydroxyl groups is 1. The van der Waals surface area contributed by atoms with Crippen molar-refractivity contribution in [3.63, 3.8) is 0 Å². The van der Waals surface area contributed by atoms with Gasteiger partial charge in [-0.3, -0.25) is 0 Å². The first-order chi connectivity index (χ1) is 6.63. The van der Waals surface area contributed by atoms with Crippen LogP contribution in [0.2, 0.25) is 5.22 Å². The maximum atomic E-state index is 9.61. The van der Waals surface area contributed by atoms with E-state index in [0.717, 1.165) is 0 Å². The maximum Gasteiger partial charge on any atom is 0.259 e. The summed E-state index contributed by atoms with van der Waals surface area (Å²) in [5.41, 5.74) is 0.513. The summed E-state index contributed by atoms with van der Waals surface area (Å²) in [6.07, 6.45) is 1.49. The van der Waals surface area contributed by atoms with Crippen LogP contribution in [0.4, 0.5) is 0 Å². The third kappa shape index (κ3) is 1.54. The highest BCUT2D eigenvalue weighted by atomic mass is 35.5. The lowest BCUT2D eigenvalue weighted by Gasteiger charge is -2.12. The monoisotopic (exact) mass is 213 g/mol. The highest BCUT2D eigenvalue weighted by molar-refractivity contribution is 6.29. The van der Waals surface area contributed by atoms with Crippen molar-refractivity contribution >= 4 is 17.3 Å². The molecule has 0 radical (unpaired) electrons. The largest absolute Gasteiger partial charge is 0.443 e. The molecule has 14 heavy (non-hydrogen) atoms. The van der Waals surface area contributed by atoms with Gasteiger partial charge in [0.1, 0.15) is 5.71 Å². The third-order valence-electron chi connectivity index (χ3n) is 1.91. The van der Waals surface area contributed by atoms with Gasteiger partial charge in [0.25, 0.3) is 5.79 Å². The Morgan fingerprint density at radius 3 is 2.93 bits per heavy atom. The average molecular weight is 214 g/mol. The Morgan fingerprint density at radius 1 is 1.64 bits per heavy atom. The van der Waals surface area contributed by atoms with Gasteiger partial charge in [-0.05, 0) is 29.8 Å². The number of oxime groups is 1. The van der Waals surface area contributed by atoms with Crippen LogP contribution in [0.5, 0.6) is 0 Å². The van der Waals surface area contributed by atoms with E-state index in [2.05, 4.69) is 11.7 Å². The Kier molecular flexibility index (Phi) is 2.09. The summed E-state index contributed by atoms with van der Waals surface area (Å²) in [4.78, 5) is 4.79. The van der Waals surface area contributed by atoms with Crippen LogP contribution in [-0.2, 0) is 4.84 Å². The summed E-state index contributed by atoms with van der Waals surface area (Å²) < 4.78 is 5.11. The van der Waals surface area contributed by atoms with E-state index in [1.54, 1.807) is 12.1 Å². The minimum Gasteiger partial charge on any atom is -0.443 e. The van der Waals surface area contributed by atoms with Crippen molar-refractivity contribution < 1.29 is 14.4 Å². The van der Waals surface area contributed by atoms with Gasteiger partial charge in [0, 0.05) is 0 Å². The molecule has 0 aromatic carbocycles. The molecule has 2 heterocycles. The zero-order chi connectivity index (χ0) is 10.2. The van der Waals surface area contributed by atoms with Crippen LogP contribution in [0.25, 0.3) is 0 Å². The maximum absolute atomic E-state index is 9.61. The van der Waals surface area contributed by atoms with Crippen molar-refractivity contribution in [1.82, 2.24) is 0 Å². The highest BCUT2D eigenvalue weighted by Gasteiger charge is 2.35. The first kappa shape index (κ1) is 9.30. The van der Waals surface area contributed by atoms with Crippen LogP contribution in [0.3, 0.4) is 0 Å². The summed E-state index contributed by atoms with van der Waals surface area (Å²) in [6.45, 7) is 3.44. The lowest BCUT2D eigenvalue weighted by Crippen LogP contribution is -2.24. The van der Waals surface area contributed by atoms with Gasteiger partial charge in [0.2, 0.25) is 0 Å². The molecule has 0 unspecified atom stereocenters. The summed E-state index contributed by atoms with van der Waals surface area (Å²) in [5, 5.41) is 13.6. The minimum absolute atomic E-state index is 0.209. The second-order valence-corrected chi connectivity index (χ2v) is 3.33. The molecule has 1 N–H and O–H groups in total. The fourth-order valence-electron chi connectivity index (χ4n) is 1.15. The summed E-state index contributed by atoms with van der Waals surface area (Å²) >= 11 is 5.60. The predicted octanol–water partition coefficient (Wildman–Crippen LogP) is 1.93. The van der Waals surface area contributed by atoms with Crippen molar-refractivity contribution in [3.05, 3.63) is 35.8 Å². The Hall–Kier alpha value is -1.26. The van der Waals surface area contributed by atoms with Crippen LogP contribution in [0.1, 0.15) is 12.2 Å². The van der Waals surface area contributed by atoms with Gasteiger partial charge >= 0.3 is 0 Å². The summed E-state index contributed by atoms with van der Waals surface area (Å²) in [6, 6.07) is 3.27. The van der Waals surface area contributed by atoms with Gasteiger partial charge in [0.05, 0.1) is 6.42 Å². The van der Waals surface area contributed by atoms with E-state index in [1.165, 1.54) is 6.08 Å². The molecule has 2 rings (SSSR count). The molecule has 1 aliphatic rings. The normalized spacial score (nSPS) is 25.7. The Balaban J connectivity index is 2.20. The molecule has 0 aliphatic carbocycles. The van der Waals surface area contributed by atoms with Gasteiger partial charge in [-0.15, -0.1) is 0 Å². The van der Waals surface area contributed by atoms with Gasteiger partial charge < -0.3 is 14.4 Å². The molecule has 0 spiro atoms. The molecule has 1 aliphatic heterocycles. The zero-order valence-electron chi connectivity index (χ0n) is 7.24. The molecule has 0 amide bonds. The average Bonchev–Trinajstić information content (AvgIpc) is 2.73. The summed E-state index contributed by atoms with van der Waals surface area (Å²) in [5.74, 6) is -0.929. The predicted molar refractivity (Wildman–Crippen MR) is 51.1 cm³/mol. The van der Waals surface area contributed by atoms with E-state index in [1.807, 2.05) is 0 Å². The standard InChI is InChI=1S/C9H8ClNO3/c1-2-9(12)5-6(11-14-9)7-3-4-8(10)13-7/h2-4,12H,1,5H2/t9-/m0/s1. The number of halogens is 1. The van der Waals surface area contributed by atoms with Crippen molar-refractivity contribution in [2.75, 3.05) is 0 Å². The molecule has 1 aromatic rings. The first-order valence-electron chi connectivity index (χ1n) is 4.00. The molecule has 0 saturated carbocycles. The lowest BCUT2D eigenvalue weighted by atomic mass is 10.1. The molecule has 0 bridgehead atoms. The highest BCUT2D eigenvalue weighted by Crippen LogP contribution is 2.26. The molecule has 1 aromatic heterocycles. The summed E-state index contributed by atoms with van der Waals surface area (Å²) in [7, 11) is 0. The fourth-order valence-corrected chi connectivity index (χ4v) is 1.30. The lowest BCUT2D eigenvalue weighted by molar-refractivity contribution is -0.146. The van der Waals surface area contributed by atoms with Gasteiger partial charge in [-0.2, -0.15) is 0 Å². The number of nitrogens with zero attached hydrogens (tertiary/aromatic N) is 1. The smallest absolute Gasteiger partial charge is 0.259 e. The van der Waals surface area contributed by atoms with Crippen molar-refractivity contribution in [3.8, 4) is 0 Å². The van der Waals surface area contributed by atoms with Crippen LogP contribution in [-0.4, -0.2) is 16.6 Å². The SMILES string of the molecule is C=C[C@@]1(O)CC(c2ccc(Cl)o2)=NO1. The van der Waals surface area contributed by atoms with Crippen LogP contribution < -0.4 is 0 Å². The van der Waals surface area contributed by atoms with E-state index < -0.39 is 5.79 Å². The number of hydrogen-bond donors (Lipinski definition) is 1. The number of furan rings is 1. The molecule has 74 valence electrons. The third-order valence-corrected chi connectivity index (χ3v) is 2.11. The van der Waals surface area contributed by atoms with Crippen LogP contribution >= 0.6 is 11.6 Å².